The Morgan fingerprint density at radius 1 is 1.21 bits per heavy atom. The standard InChI is InChI=1S/C21H23ClN4OS/c1-13(2)17-7-5-6-15(4)20(17)24-19(27)11-28-21-25-23-12-26(21)16-9-8-14(3)18(22)10-16/h5-10,12-13H,11H2,1-4H3,(H,24,27). The molecule has 2 aromatic carbocycles. The van der Waals surface area contributed by atoms with Gasteiger partial charge in [0.15, 0.2) is 5.16 Å². The number of hydrogen-bond acceptors (Lipinski definition) is 4. The number of aromatic nitrogens is 3. The Bertz CT molecular complexity index is 1000. The highest BCUT2D eigenvalue weighted by molar-refractivity contribution is 7.99. The molecule has 0 bridgehead atoms. The van der Waals surface area contributed by atoms with Crippen LogP contribution in [0.4, 0.5) is 5.69 Å². The van der Waals surface area contributed by atoms with E-state index < -0.39 is 0 Å². The van der Waals surface area contributed by atoms with Gasteiger partial charge in [-0.2, -0.15) is 0 Å². The summed E-state index contributed by atoms with van der Waals surface area (Å²) in [6.45, 7) is 8.20. The van der Waals surface area contributed by atoms with Crippen molar-refractivity contribution in [2.45, 2.75) is 38.8 Å². The van der Waals surface area contributed by atoms with Crippen LogP contribution in [-0.4, -0.2) is 26.4 Å². The molecule has 0 spiro atoms. The summed E-state index contributed by atoms with van der Waals surface area (Å²) in [6, 6.07) is 11.9. The van der Waals surface area contributed by atoms with Gasteiger partial charge in [0.25, 0.3) is 0 Å². The minimum atomic E-state index is -0.0716. The predicted molar refractivity (Wildman–Crippen MR) is 116 cm³/mol. The van der Waals surface area contributed by atoms with Crippen LogP contribution in [0.2, 0.25) is 5.02 Å². The van der Waals surface area contributed by atoms with Crippen LogP contribution in [-0.2, 0) is 4.79 Å². The number of carbonyl (C=O) groups excluding carboxylic acids is 1. The van der Waals surface area contributed by atoms with E-state index in [1.54, 1.807) is 6.33 Å². The number of carbonyl (C=O) groups is 1. The van der Waals surface area contributed by atoms with E-state index in [0.717, 1.165) is 28.1 Å². The highest BCUT2D eigenvalue weighted by Gasteiger charge is 2.14. The summed E-state index contributed by atoms with van der Waals surface area (Å²) in [7, 11) is 0. The summed E-state index contributed by atoms with van der Waals surface area (Å²) in [4.78, 5) is 12.6. The molecule has 0 aliphatic heterocycles. The first kappa shape index (κ1) is 20.4. The summed E-state index contributed by atoms with van der Waals surface area (Å²) < 4.78 is 1.83. The van der Waals surface area contributed by atoms with Crippen LogP contribution in [0.5, 0.6) is 0 Å². The molecule has 3 rings (SSSR count). The van der Waals surface area contributed by atoms with E-state index in [1.807, 2.05) is 48.7 Å². The highest BCUT2D eigenvalue weighted by atomic mass is 35.5. The van der Waals surface area contributed by atoms with Crippen molar-refractivity contribution in [2.75, 3.05) is 11.1 Å². The van der Waals surface area contributed by atoms with Crippen LogP contribution in [0, 0.1) is 13.8 Å². The molecule has 1 amide bonds. The molecule has 5 nitrogen and oxygen atoms in total. The molecule has 7 heteroatoms. The summed E-state index contributed by atoms with van der Waals surface area (Å²) >= 11 is 7.57. The normalized spacial score (nSPS) is 11.1. The van der Waals surface area contributed by atoms with Gasteiger partial charge in [-0.3, -0.25) is 9.36 Å². The Labute approximate surface area is 174 Å². The average Bonchev–Trinajstić information content (AvgIpc) is 3.12. The number of benzene rings is 2. The van der Waals surface area contributed by atoms with Crippen molar-refractivity contribution in [1.82, 2.24) is 14.8 Å². The molecule has 0 saturated carbocycles. The number of para-hydroxylation sites is 1. The number of aryl methyl sites for hydroxylation is 2. The molecular weight excluding hydrogens is 392 g/mol. The van der Waals surface area contributed by atoms with Gasteiger partial charge in [-0.15, -0.1) is 10.2 Å². The van der Waals surface area contributed by atoms with Gasteiger partial charge in [-0.1, -0.05) is 61.5 Å². The SMILES string of the molecule is Cc1ccc(-n2cnnc2SCC(=O)Nc2c(C)cccc2C(C)C)cc1Cl. The zero-order chi connectivity index (χ0) is 20.3. The summed E-state index contributed by atoms with van der Waals surface area (Å²) in [6.07, 6.45) is 1.62. The average molecular weight is 415 g/mol. The molecule has 0 radical (unpaired) electrons. The fourth-order valence-electron chi connectivity index (χ4n) is 2.88. The van der Waals surface area contributed by atoms with Gasteiger partial charge >= 0.3 is 0 Å². The van der Waals surface area contributed by atoms with E-state index in [-0.39, 0.29) is 11.7 Å². The van der Waals surface area contributed by atoms with Crippen LogP contribution in [0.1, 0.15) is 36.5 Å². The molecule has 0 fully saturated rings. The minimum Gasteiger partial charge on any atom is -0.325 e. The van der Waals surface area contributed by atoms with E-state index in [9.17, 15) is 4.79 Å². The monoisotopic (exact) mass is 414 g/mol. The Kier molecular flexibility index (Phi) is 6.42. The lowest BCUT2D eigenvalue weighted by Gasteiger charge is -2.16. The maximum Gasteiger partial charge on any atom is 0.234 e. The van der Waals surface area contributed by atoms with Crippen molar-refractivity contribution in [2.24, 2.45) is 0 Å². The number of amides is 1. The first-order valence-corrected chi connectivity index (χ1v) is 10.4. The molecule has 1 heterocycles. The maximum absolute atomic E-state index is 12.6. The number of nitrogens with zero attached hydrogens (tertiary/aromatic N) is 3. The Morgan fingerprint density at radius 3 is 2.71 bits per heavy atom. The molecular formula is C21H23ClN4OS. The molecule has 0 aliphatic rings. The van der Waals surface area contributed by atoms with Crippen molar-refractivity contribution in [1.29, 1.82) is 0 Å². The smallest absolute Gasteiger partial charge is 0.234 e. The topological polar surface area (TPSA) is 59.8 Å². The Hall–Kier alpha value is -2.31. The van der Waals surface area contributed by atoms with Gasteiger partial charge in [0.1, 0.15) is 6.33 Å². The van der Waals surface area contributed by atoms with Crippen LogP contribution in [0.25, 0.3) is 5.69 Å². The predicted octanol–water partition coefficient (Wildman–Crippen LogP) is 5.39. The second-order valence-electron chi connectivity index (χ2n) is 6.95. The van der Waals surface area contributed by atoms with Gasteiger partial charge in [0.05, 0.1) is 11.4 Å². The maximum atomic E-state index is 12.6. The Morgan fingerprint density at radius 2 is 2.00 bits per heavy atom. The zero-order valence-corrected chi connectivity index (χ0v) is 17.9. The summed E-state index contributed by atoms with van der Waals surface area (Å²) in [5.41, 5.74) is 4.96. The number of nitrogens with one attached hydrogen (secondary N) is 1. The van der Waals surface area contributed by atoms with Crippen LogP contribution >= 0.6 is 23.4 Å². The van der Waals surface area contributed by atoms with Crippen molar-refractivity contribution in [3.05, 3.63) is 64.4 Å². The second-order valence-corrected chi connectivity index (χ2v) is 8.30. The molecule has 28 heavy (non-hydrogen) atoms. The van der Waals surface area contributed by atoms with Crippen molar-refractivity contribution in [3.8, 4) is 5.69 Å². The third kappa shape index (κ3) is 4.56. The first-order valence-electron chi connectivity index (χ1n) is 9.05. The quantitative estimate of drug-likeness (QED) is 0.549. The van der Waals surface area contributed by atoms with E-state index in [2.05, 4.69) is 35.4 Å². The van der Waals surface area contributed by atoms with Crippen molar-refractivity contribution < 1.29 is 4.79 Å². The molecule has 0 saturated heterocycles. The molecule has 1 aromatic heterocycles. The number of thioether (sulfide) groups is 1. The summed E-state index contributed by atoms with van der Waals surface area (Å²) in [5, 5.41) is 12.5. The summed E-state index contributed by atoms with van der Waals surface area (Å²) in [5.74, 6) is 0.499. The molecule has 0 unspecified atom stereocenters. The molecule has 0 atom stereocenters. The molecule has 1 N–H and O–H groups in total. The van der Waals surface area contributed by atoms with Crippen LogP contribution in [0.15, 0.2) is 47.9 Å². The molecule has 0 aliphatic carbocycles. The van der Waals surface area contributed by atoms with Crippen molar-refractivity contribution >= 4 is 35.0 Å². The number of rotatable bonds is 6. The number of halogens is 1. The van der Waals surface area contributed by atoms with Gasteiger partial charge in [-0.05, 0) is 48.6 Å². The van der Waals surface area contributed by atoms with Gasteiger partial charge in [0.2, 0.25) is 5.91 Å². The van der Waals surface area contributed by atoms with Gasteiger partial charge in [-0.25, -0.2) is 0 Å². The van der Waals surface area contributed by atoms with Gasteiger partial charge < -0.3 is 5.32 Å². The zero-order valence-electron chi connectivity index (χ0n) is 16.4. The second kappa shape index (κ2) is 8.80. The lowest BCUT2D eigenvalue weighted by atomic mass is 9.98. The van der Waals surface area contributed by atoms with E-state index >= 15 is 0 Å². The lowest BCUT2D eigenvalue weighted by molar-refractivity contribution is -0.113. The van der Waals surface area contributed by atoms with Gasteiger partial charge in [0, 0.05) is 10.7 Å². The van der Waals surface area contributed by atoms with Crippen molar-refractivity contribution in [3.63, 3.8) is 0 Å². The lowest BCUT2D eigenvalue weighted by Crippen LogP contribution is -2.17. The van der Waals surface area contributed by atoms with E-state index in [4.69, 9.17) is 11.6 Å². The molecule has 3 aromatic rings. The fourth-order valence-corrected chi connectivity index (χ4v) is 3.78. The van der Waals surface area contributed by atoms with E-state index in [1.165, 1.54) is 11.8 Å². The van der Waals surface area contributed by atoms with Crippen LogP contribution < -0.4 is 5.32 Å². The third-order valence-corrected chi connectivity index (χ3v) is 5.82. The number of anilines is 1. The largest absolute Gasteiger partial charge is 0.325 e. The third-order valence-electron chi connectivity index (χ3n) is 4.47. The fraction of sp³-hybridized carbons (Fsp3) is 0.286. The first-order chi connectivity index (χ1) is 13.4. The Balaban J connectivity index is 1.72. The highest BCUT2D eigenvalue weighted by Crippen LogP contribution is 2.28. The minimum absolute atomic E-state index is 0.0716. The molecule has 146 valence electrons. The van der Waals surface area contributed by atoms with E-state index in [0.29, 0.717) is 16.1 Å². The van der Waals surface area contributed by atoms with Crippen LogP contribution in [0.3, 0.4) is 0 Å². The number of hydrogen-bond donors (Lipinski definition) is 1.